The smallest absolute Gasteiger partial charge is 0.265 e. The third kappa shape index (κ3) is 4.19. The highest BCUT2D eigenvalue weighted by Crippen LogP contribution is 2.38. The number of rotatable bonds is 6. The fourth-order valence-corrected chi connectivity index (χ4v) is 6.04. The maximum absolute atomic E-state index is 13.6. The van der Waals surface area contributed by atoms with Crippen molar-refractivity contribution in [3.8, 4) is 16.9 Å². The molecule has 0 amide bonds. The summed E-state index contributed by atoms with van der Waals surface area (Å²) in [5.41, 5.74) is 6.59. The van der Waals surface area contributed by atoms with Crippen LogP contribution in [0.2, 0.25) is 0 Å². The minimum atomic E-state index is -3.88. The Kier molecular flexibility index (Phi) is 6.15. The molecule has 0 saturated carbocycles. The largest absolute Gasteiger partial charge is 0.495 e. The van der Waals surface area contributed by atoms with E-state index in [1.54, 1.807) is 12.1 Å². The first kappa shape index (κ1) is 22.2. The Hall–Kier alpha value is -2.99. The lowest BCUT2D eigenvalue weighted by molar-refractivity contribution is 0.403. The van der Waals surface area contributed by atoms with Crippen LogP contribution in [0, 0.1) is 20.8 Å². The number of nitrogens with zero attached hydrogens (tertiary/aromatic N) is 1. The molecule has 1 saturated heterocycles. The van der Waals surface area contributed by atoms with E-state index in [4.69, 9.17) is 4.74 Å². The van der Waals surface area contributed by atoms with Gasteiger partial charge in [-0.1, -0.05) is 42.5 Å². The van der Waals surface area contributed by atoms with Crippen LogP contribution in [0.3, 0.4) is 0 Å². The molecule has 4 rings (SSSR count). The summed E-state index contributed by atoms with van der Waals surface area (Å²) < 4.78 is 35.5. The number of hydrogen-bond donors (Lipinski definition) is 1. The lowest BCUT2D eigenvalue weighted by Gasteiger charge is -2.26. The zero-order valence-electron chi connectivity index (χ0n) is 19.1. The SMILES string of the molecule is COc1ccc(-c2ccccc2)cc1S(=O)(=O)Nc1c(C)cc(C)c(N2CCCC2)c1C. The van der Waals surface area contributed by atoms with Gasteiger partial charge in [0.25, 0.3) is 10.0 Å². The van der Waals surface area contributed by atoms with Crippen LogP contribution in [0.25, 0.3) is 11.1 Å². The molecule has 1 fully saturated rings. The summed E-state index contributed by atoms with van der Waals surface area (Å²) >= 11 is 0. The fourth-order valence-electron chi connectivity index (χ4n) is 4.65. The van der Waals surface area contributed by atoms with Gasteiger partial charge in [-0.3, -0.25) is 4.72 Å². The highest BCUT2D eigenvalue weighted by molar-refractivity contribution is 7.92. The molecule has 32 heavy (non-hydrogen) atoms. The van der Waals surface area contributed by atoms with Crippen LogP contribution < -0.4 is 14.4 Å². The minimum Gasteiger partial charge on any atom is -0.495 e. The third-order valence-corrected chi connectivity index (χ3v) is 7.52. The molecule has 0 bridgehead atoms. The van der Waals surface area contributed by atoms with Crippen molar-refractivity contribution >= 4 is 21.4 Å². The average molecular weight is 451 g/mol. The maximum Gasteiger partial charge on any atom is 0.265 e. The van der Waals surface area contributed by atoms with Crippen molar-refractivity contribution in [1.82, 2.24) is 0 Å². The second kappa shape index (κ2) is 8.87. The Morgan fingerprint density at radius 2 is 1.56 bits per heavy atom. The van der Waals surface area contributed by atoms with Crippen molar-refractivity contribution in [2.24, 2.45) is 0 Å². The summed E-state index contributed by atoms with van der Waals surface area (Å²) in [5, 5.41) is 0. The number of sulfonamides is 1. The summed E-state index contributed by atoms with van der Waals surface area (Å²) in [6.07, 6.45) is 2.33. The van der Waals surface area contributed by atoms with Gasteiger partial charge in [-0.05, 0) is 73.6 Å². The van der Waals surface area contributed by atoms with Gasteiger partial charge in [0.1, 0.15) is 10.6 Å². The zero-order chi connectivity index (χ0) is 22.9. The van der Waals surface area contributed by atoms with Crippen LogP contribution in [0.5, 0.6) is 5.75 Å². The van der Waals surface area contributed by atoms with Gasteiger partial charge in [0.15, 0.2) is 0 Å². The fraction of sp³-hybridized carbons (Fsp3) is 0.308. The Labute approximate surface area is 191 Å². The van der Waals surface area contributed by atoms with Crippen molar-refractivity contribution < 1.29 is 13.2 Å². The molecule has 5 nitrogen and oxygen atoms in total. The van der Waals surface area contributed by atoms with Crippen LogP contribution in [-0.2, 0) is 10.0 Å². The Balaban J connectivity index is 1.78. The molecular formula is C26H30N2O3S. The molecule has 0 aliphatic carbocycles. The minimum absolute atomic E-state index is 0.128. The van der Waals surface area contributed by atoms with Crippen molar-refractivity contribution in [2.45, 2.75) is 38.5 Å². The summed E-state index contributed by atoms with van der Waals surface area (Å²) in [6.45, 7) is 8.05. The second-order valence-corrected chi connectivity index (χ2v) is 10.0. The van der Waals surface area contributed by atoms with Gasteiger partial charge in [0.2, 0.25) is 0 Å². The van der Waals surface area contributed by atoms with Crippen molar-refractivity contribution in [1.29, 1.82) is 0 Å². The van der Waals surface area contributed by atoms with Gasteiger partial charge in [0, 0.05) is 18.8 Å². The summed E-state index contributed by atoms with van der Waals surface area (Å²) in [5.74, 6) is 0.319. The quantitative estimate of drug-likeness (QED) is 0.524. The lowest BCUT2D eigenvalue weighted by Crippen LogP contribution is -2.22. The molecule has 0 unspecified atom stereocenters. The van der Waals surface area contributed by atoms with Crippen LogP contribution in [-0.4, -0.2) is 28.6 Å². The summed E-state index contributed by atoms with van der Waals surface area (Å²) in [6, 6.07) is 17.1. The predicted molar refractivity (Wildman–Crippen MR) is 131 cm³/mol. The van der Waals surface area contributed by atoms with E-state index in [9.17, 15) is 8.42 Å². The third-order valence-electron chi connectivity index (χ3n) is 6.15. The summed E-state index contributed by atoms with van der Waals surface area (Å²) in [4.78, 5) is 2.49. The van der Waals surface area contributed by atoms with Gasteiger partial charge in [-0.2, -0.15) is 0 Å². The maximum atomic E-state index is 13.6. The van der Waals surface area contributed by atoms with E-state index in [0.29, 0.717) is 11.4 Å². The summed E-state index contributed by atoms with van der Waals surface area (Å²) in [7, 11) is -2.39. The topological polar surface area (TPSA) is 58.6 Å². The van der Waals surface area contributed by atoms with Crippen LogP contribution >= 0.6 is 0 Å². The van der Waals surface area contributed by atoms with E-state index in [1.807, 2.05) is 50.2 Å². The first-order valence-electron chi connectivity index (χ1n) is 10.9. The van der Waals surface area contributed by atoms with Crippen LogP contribution in [0.4, 0.5) is 11.4 Å². The zero-order valence-corrected chi connectivity index (χ0v) is 19.9. The number of hydrogen-bond acceptors (Lipinski definition) is 4. The van der Waals surface area contributed by atoms with Crippen molar-refractivity contribution in [3.05, 3.63) is 71.3 Å². The molecular weight excluding hydrogens is 420 g/mol. The Morgan fingerprint density at radius 3 is 2.22 bits per heavy atom. The molecule has 3 aromatic carbocycles. The molecule has 0 radical (unpaired) electrons. The van der Waals surface area contributed by atoms with E-state index >= 15 is 0 Å². The van der Waals surface area contributed by atoms with Crippen LogP contribution in [0.15, 0.2) is 59.5 Å². The number of methoxy groups -OCH3 is 1. The predicted octanol–water partition coefficient (Wildman–Crippen LogP) is 5.69. The van der Waals surface area contributed by atoms with Gasteiger partial charge in [0.05, 0.1) is 12.8 Å². The van der Waals surface area contributed by atoms with E-state index in [1.165, 1.54) is 12.7 Å². The normalized spacial score (nSPS) is 13.9. The molecule has 3 aromatic rings. The monoisotopic (exact) mass is 450 g/mol. The first-order valence-corrected chi connectivity index (χ1v) is 12.4. The highest BCUT2D eigenvalue weighted by Gasteiger charge is 2.25. The number of nitrogens with one attached hydrogen (secondary N) is 1. The molecule has 6 heteroatoms. The van der Waals surface area contributed by atoms with E-state index in [0.717, 1.165) is 53.9 Å². The van der Waals surface area contributed by atoms with Gasteiger partial charge in [-0.15, -0.1) is 0 Å². The second-order valence-electron chi connectivity index (χ2n) is 8.39. The van der Waals surface area contributed by atoms with Crippen LogP contribution in [0.1, 0.15) is 29.5 Å². The Bertz CT molecular complexity index is 1230. The number of benzene rings is 3. The average Bonchev–Trinajstić information content (AvgIpc) is 3.31. The van der Waals surface area contributed by atoms with Gasteiger partial charge in [-0.25, -0.2) is 8.42 Å². The molecule has 168 valence electrons. The Morgan fingerprint density at radius 1 is 0.875 bits per heavy atom. The molecule has 1 aliphatic rings. The standard InChI is InChI=1S/C26H30N2O3S/c1-18-16-19(2)26(28-14-8-9-15-28)20(3)25(18)27-32(29,30)24-17-22(12-13-23(24)31-4)21-10-6-5-7-11-21/h5-7,10-13,16-17,27H,8-9,14-15H2,1-4H3. The van der Waals surface area contributed by atoms with Gasteiger partial charge >= 0.3 is 0 Å². The number of aryl methyl sites for hydroxylation is 2. The first-order chi connectivity index (χ1) is 15.3. The molecule has 1 N–H and O–H groups in total. The molecule has 0 spiro atoms. The van der Waals surface area contributed by atoms with E-state index in [-0.39, 0.29) is 4.90 Å². The van der Waals surface area contributed by atoms with Crippen molar-refractivity contribution in [3.63, 3.8) is 0 Å². The van der Waals surface area contributed by atoms with E-state index in [2.05, 4.69) is 22.6 Å². The molecule has 1 aliphatic heterocycles. The highest BCUT2D eigenvalue weighted by atomic mass is 32.2. The molecule has 0 aromatic heterocycles. The number of ether oxygens (including phenoxy) is 1. The molecule has 1 heterocycles. The number of anilines is 2. The van der Waals surface area contributed by atoms with Gasteiger partial charge < -0.3 is 9.64 Å². The molecule has 0 atom stereocenters. The lowest BCUT2D eigenvalue weighted by atomic mass is 10.0. The van der Waals surface area contributed by atoms with Crippen molar-refractivity contribution in [2.75, 3.05) is 29.8 Å². The van der Waals surface area contributed by atoms with E-state index < -0.39 is 10.0 Å².